The Morgan fingerprint density at radius 1 is 1.46 bits per heavy atom. The van der Waals surface area contributed by atoms with Crippen LogP contribution in [0.1, 0.15) is 19.3 Å². The predicted molar refractivity (Wildman–Crippen MR) is 48.7 cm³/mol. The van der Waals surface area contributed by atoms with E-state index in [0.29, 0.717) is 12.8 Å². The van der Waals surface area contributed by atoms with Gasteiger partial charge in [0.15, 0.2) is 9.84 Å². The van der Waals surface area contributed by atoms with Crippen LogP contribution >= 0.6 is 0 Å². The van der Waals surface area contributed by atoms with E-state index in [2.05, 4.69) is 11.6 Å². The minimum atomic E-state index is -3.12. The molecule has 72 valence electrons. The SMILES string of the molecule is C=C(N=C=O)C1CCCCS1(=O)=O. The third-order valence-corrected chi connectivity index (χ3v) is 4.37. The highest BCUT2D eigenvalue weighted by Gasteiger charge is 2.30. The van der Waals surface area contributed by atoms with Crippen LogP contribution in [0.25, 0.3) is 0 Å². The number of isocyanates is 1. The van der Waals surface area contributed by atoms with E-state index in [1.807, 2.05) is 0 Å². The number of aliphatic imine (C=N–C) groups is 1. The summed E-state index contributed by atoms with van der Waals surface area (Å²) in [6, 6.07) is 0. The molecule has 0 aromatic rings. The molecule has 1 saturated heterocycles. The Morgan fingerprint density at radius 3 is 2.69 bits per heavy atom. The average molecular weight is 201 g/mol. The Kier molecular flexibility index (Phi) is 3.01. The zero-order valence-electron chi connectivity index (χ0n) is 7.19. The molecule has 4 nitrogen and oxygen atoms in total. The lowest BCUT2D eigenvalue weighted by Crippen LogP contribution is -2.29. The van der Waals surface area contributed by atoms with Crippen molar-refractivity contribution in [2.24, 2.45) is 4.99 Å². The van der Waals surface area contributed by atoms with E-state index < -0.39 is 15.1 Å². The molecule has 1 aliphatic heterocycles. The zero-order valence-corrected chi connectivity index (χ0v) is 8.01. The monoisotopic (exact) mass is 201 g/mol. The fourth-order valence-electron chi connectivity index (χ4n) is 1.46. The normalized spacial score (nSPS) is 26.0. The van der Waals surface area contributed by atoms with Gasteiger partial charge in [0.2, 0.25) is 6.08 Å². The van der Waals surface area contributed by atoms with E-state index in [4.69, 9.17) is 0 Å². The highest BCUT2D eigenvalue weighted by atomic mass is 32.2. The van der Waals surface area contributed by atoms with Gasteiger partial charge in [-0.05, 0) is 12.8 Å². The van der Waals surface area contributed by atoms with Crippen molar-refractivity contribution in [2.45, 2.75) is 24.5 Å². The topological polar surface area (TPSA) is 63.6 Å². The van der Waals surface area contributed by atoms with Gasteiger partial charge in [-0.25, -0.2) is 13.2 Å². The molecule has 0 bridgehead atoms. The molecule has 5 heteroatoms. The van der Waals surface area contributed by atoms with Gasteiger partial charge in [-0.1, -0.05) is 13.0 Å². The molecule has 0 aromatic carbocycles. The van der Waals surface area contributed by atoms with Gasteiger partial charge >= 0.3 is 0 Å². The van der Waals surface area contributed by atoms with Crippen LogP contribution in [0, 0.1) is 0 Å². The second-order valence-corrected chi connectivity index (χ2v) is 5.35. The van der Waals surface area contributed by atoms with Crippen LogP contribution in [-0.4, -0.2) is 25.5 Å². The average Bonchev–Trinajstić information content (AvgIpc) is 2.03. The third kappa shape index (κ3) is 2.26. The van der Waals surface area contributed by atoms with E-state index in [9.17, 15) is 13.2 Å². The second-order valence-electron chi connectivity index (χ2n) is 3.05. The summed E-state index contributed by atoms with van der Waals surface area (Å²) < 4.78 is 22.9. The van der Waals surface area contributed by atoms with E-state index in [-0.39, 0.29) is 11.4 Å². The quantitative estimate of drug-likeness (QED) is 0.490. The van der Waals surface area contributed by atoms with Crippen LogP contribution in [0.4, 0.5) is 0 Å². The maximum absolute atomic E-state index is 11.4. The van der Waals surface area contributed by atoms with Crippen molar-refractivity contribution in [1.82, 2.24) is 0 Å². The van der Waals surface area contributed by atoms with Gasteiger partial charge < -0.3 is 0 Å². The first kappa shape index (κ1) is 10.2. The van der Waals surface area contributed by atoms with Crippen molar-refractivity contribution in [3.05, 3.63) is 12.3 Å². The molecule has 0 radical (unpaired) electrons. The predicted octanol–water partition coefficient (Wildman–Crippen LogP) is 0.803. The fourth-order valence-corrected chi connectivity index (χ4v) is 3.34. The van der Waals surface area contributed by atoms with Crippen molar-refractivity contribution >= 4 is 15.9 Å². The largest absolute Gasteiger partial charge is 0.240 e. The van der Waals surface area contributed by atoms with Crippen molar-refractivity contribution in [2.75, 3.05) is 5.75 Å². The van der Waals surface area contributed by atoms with E-state index in [0.717, 1.165) is 6.42 Å². The first-order valence-corrected chi connectivity index (χ1v) is 5.77. The van der Waals surface area contributed by atoms with Crippen molar-refractivity contribution in [3.63, 3.8) is 0 Å². The van der Waals surface area contributed by atoms with Gasteiger partial charge in [-0.3, -0.25) is 0 Å². The minimum Gasteiger partial charge on any atom is -0.228 e. The summed E-state index contributed by atoms with van der Waals surface area (Å²) in [5.74, 6) is 0.172. The molecular formula is C8H11NO3S. The van der Waals surface area contributed by atoms with Crippen LogP contribution in [0.3, 0.4) is 0 Å². The summed E-state index contributed by atoms with van der Waals surface area (Å²) in [4.78, 5) is 13.2. The second kappa shape index (κ2) is 3.85. The number of hydrogen-bond acceptors (Lipinski definition) is 4. The lowest BCUT2D eigenvalue weighted by atomic mass is 10.1. The maximum atomic E-state index is 11.4. The van der Waals surface area contributed by atoms with Crippen molar-refractivity contribution in [3.8, 4) is 0 Å². The van der Waals surface area contributed by atoms with Gasteiger partial charge in [0, 0.05) is 0 Å². The van der Waals surface area contributed by atoms with Crippen LogP contribution in [0.5, 0.6) is 0 Å². The van der Waals surface area contributed by atoms with Crippen LogP contribution in [0.15, 0.2) is 17.3 Å². The molecule has 0 spiro atoms. The summed E-state index contributed by atoms with van der Waals surface area (Å²) in [5.41, 5.74) is 0.120. The Hall–Kier alpha value is -0.930. The maximum Gasteiger partial charge on any atom is 0.240 e. The molecule has 0 amide bonds. The summed E-state index contributed by atoms with van der Waals surface area (Å²) in [7, 11) is -3.12. The number of sulfone groups is 1. The molecular weight excluding hydrogens is 190 g/mol. The molecule has 1 aliphatic rings. The molecule has 1 atom stereocenters. The molecule has 0 aliphatic carbocycles. The standard InChI is InChI=1S/C8H11NO3S/c1-7(9-6-10)8-4-2-3-5-13(8,11)12/h8H,1-5H2. The molecule has 1 fully saturated rings. The van der Waals surface area contributed by atoms with Crippen LogP contribution in [-0.2, 0) is 14.6 Å². The van der Waals surface area contributed by atoms with Crippen LogP contribution in [0.2, 0.25) is 0 Å². The van der Waals surface area contributed by atoms with Crippen molar-refractivity contribution in [1.29, 1.82) is 0 Å². The molecule has 1 unspecified atom stereocenters. The summed E-state index contributed by atoms with van der Waals surface area (Å²) >= 11 is 0. The fraction of sp³-hybridized carbons (Fsp3) is 0.625. The summed E-state index contributed by atoms with van der Waals surface area (Å²) in [6.45, 7) is 3.46. The first-order valence-electron chi connectivity index (χ1n) is 4.06. The summed E-state index contributed by atoms with van der Waals surface area (Å²) in [5, 5.41) is -0.664. The molecule has 0 aromatic heterocycles. The number of carbonyl (C=O) groups excluding carboxylic acids is 1. The highest BCUT2D eigenvalue weighted by molar-refractivity contribution is 7.92. The molecule has 13 heavy (non-hydrogen) atoms. The van der Waals surface area contributed by atoms with E-state index in [1.54, 1.807) is 0 Å². The Bertz CT molecular complexity index is 352. The minimum absolute atomic E-state index is 0.120. The lowest BCUT2D eigenvalue weighted by molar-refractivity contribution is 0.551. The van der Waals surface area contributed by atoms with Crippen LogP contribution < -0.4 is 0 Å². The zero-order chi connectivity index (χ0) is 9.90. The lowest BCUT2D eigenvalue weighted by Gasteiger charge is -2.20. The van der Waals surface area contributed by atoms with Crippen molar-refractivity contribution < 1.29 is 13.2 Å². The first-order chi connectivity index (χ1) is 6.08. The third-order valence-electron chi connectivity index (χ3n) is 2.14. The molecule has 0 saturated carbocycles. The van der Waals surface area contributed by atoms with Gasteiger partial charge in [-0.15, -0.1) is 0 Å². The molecule has 0 N–H and O–H groups in total. The van der Waals surface area contributed by atoms with Gasteiger partial charge in [0.1, 0.15) is 5.25 Å². The number of rotatable bonds is 2. The molecule has 1 rings (SSSR count). The highest BCUT2D eigenvalue weighted by Crippen LogP contribution is 2.24. The number of hydrogen-bond donors (Lipinski definition) is 0. The number of nitrogens with zero attached hydrogens (tertiary/aromatic N) is 1. The Balaban J connectivity index is 2.89. The molecule has 1 heterocycles. The van der Waals surface area contributed by atoms with E-state index in [1.165, 1.54) is 6.08 Å². The smallest absolute Gasteiger partial charge is 0.228 e. The van der Waals surface area contributed by atoms with E-state index >= 15 is 0 Å². The van der Waals surface area contributed by atoms with Gasteiger partial charge in [0.25, 0.3) is 0 Å². The van der Waals surface area contributed by atoms with Gasteiger partial charge in [0.05, 0.1) is 11.4 Å². The Morgan fingerprint density at radius 2 is 2.15 bits per heavy atom. The summed E-state index contributed by atoms with van der Waals surface area (Å²) in [6.07, 6.45) is 3.37. The van der Waals surface area contributed by atoms with Gasteiger partial charge in [-0.2, -0.15) is 4.99 Å². The Labute approximate surface area is 77.3 Å².